The van der Waals surface area contributed by atoms with Crippen molar-refractivity contribution < 1.29 is 4.52 Å². The predicted octanol–water partition coefficient (Wildman–Crippen LogP) is 3.65. The highest BCUT2D eigenvalue weighted by atomic mass is 32.2. The maximum Gasteiger partial charge on any atom is 0.167 e. The summed E-state index contributed by atoms with van der Waals surface area (Å²) in [5.74, 6) is 1.55. The molecule has 0 saturated carbocycles. The van der Waals surface area contributed by atoms with Crippen LogP contribution < -0.4 is 5.32 Å². The molecule has 1 N–H and O–H groups in total. The number of rotatable bonds is 1. The van der Waals surface area contributed by atoms with Gasteiger partial charge in [-0.2, -0.15) is 0 Å². The number of fused-ring (bicyclic) bond motifs is 2. The van der Waals surface area contributed by atoms with E-state index in [4.69, 9.17) is 4.52 Å². The van der Waals surface area contributed by atoms with Gasteiger partial charge in [0.2, 0.25) is 0 Å². The summed E-state index contributed by atoms with van der Waals surface area (Å²) in [6.07, 6.45) is 3.38. The van der Waals surface area contributed by atoms with E-state index in [9.17, 15) is 0 Å². The fourth-order valence-electron chi connectivity index (χ4n) is 2.09. The number of hydrogen-bond donors (Lipinski definition) is 1. The zero-order valence-electron chi connectivity index (χ0n) is 10.6. The maximum atomic E-state index is 5.30. The van der Waals surface area contributed by atoms with Gasteiger partial charge in [-0.1, -0.05) is 16.9 Å². The molecule has 2 aromatic heterocycles. The van der Waals surface area contributed by atoms with Crippen molar-refractivity contribution in [1.82, 2.24) is 15.1 Å². The van der Waals surface area contributed by atoms with Crippen LogP contribution in [0.5, 0.6) is 0 Å². The van der Waals surface area contributed by atoms with Gasteiger partial charge in [0.15, 0.2) is 11.6 Å². The molecule has 0 saturated heterocycles. The molecule has 0 radical (unpaired) electrons. The van der Waals surface area contributed by atoms with Gasteiger partial charge in [0.25, 0.3) is 0 Å². The van der Waals surface area contributed by atoms with Crippen LogP contribution in [0.2, 0.25) is 0 Å². The van der Waals surface area contributed by atoms with Crippen molar-refractivity contribution >= 4 is 23.3 Å². The number of nitrogens with zero attached hydrogens (tertiary/aromatic N) is 3. The second-order valence-electron chi connectivity index (χ2n) is 4.48. The lowest BCUT2D eigenvalue weighted by molar-refractivity contribution is 0.427. The number of hydrogen-bond acceptors (Lipinski definition) is 6. The Hall–Kier alpha value is -2.34. The van der Waals surface area contributed by atoms with Crippen LogP contribution in [-0.2, 0) is 0 Å². The Morgan fingerprint density at radius 3 is 2.90 bits per heavy atom. The highest BCUT2D eigenvalue weighted by Gasteiger charge is 2.18. The first-order valence-corrected chi connectivity index (χ1v) is 6.95. The van der Waals surface area contributed by atoms with Crippen LogP contribution in [0.25, 0.3) is 11.3 Å². The summed E-state index contributed by atoms with van der Waals surface area (Å²) in [5.41, 5.74) is 2.87. The standard InChI is InChI=1S/C14H10N4OS/c1-8-6-11(19-18-8)9-2-3-12-10(7-9)17-13-14(20-12)16-5-4-15-13/h2-7H,1H3,(H,15,17). The Morgan fingerprint density at radius 1 is 1.15 bits per heavy atom. The first-order chi connectivity index (χ1) is 9.79. The third-order valence-electron chi connectivity index (χ3n) is 3.02. The van der Waals surface area contributed by atoms with E-state index in [1.165, 1.54) is 0 Å². The summed E-state index contributed by atoms with van der Waals surface area (Å²) in [7, 11) is 0. The molecule has 1 aliphatic rings. The van der Waals surface area contributed by atoms with Crippen molar-refractivity contribution in [1.29, 1.82) is 0 Å². The van der Waals surface area contributed by atoms with Crippen molar-refractivity contribution in [3.05, 3.63) is 42.4 Å². The Labute approximate surface area is 119 Å². The number of aryl methyl sites for hydroxylation is 1. The van der Waals surface area contributed by atoms with Crippen molar-refractivity contribution in [3.63, 3.8) is 0 Å². The summed E-state index contributed by atoms with van der Waals surface area (Å²) in [6.45, 7) is 1.91. The van der Waals surface area contributed by atoms with Crippen LogP contribution in [0.4, 0.5) is 11.5 Å². The maximum absolute atomic E-state index is 5.30. The van der Waals surface area contributed by atoms with Gasteiger partial charge in [0.05, 0.1) is 11.4 Å². The molecular formula is C14H10N4OS. The number of nitrogens with one attached hydrogen (secondary N) is 1. The molecule has 0 fully saturated rings. The second-order valence-corrected chi connectivity index (χ2v) is 5.51. The Morgan fingerprint density at radius 2 is 2.05 bits per heavy atom. The monoisotopic (exact) mass is 282 g/mol. The van der Waals surface area contributed by atoms with E-state index in [-0.39, 0.29) is 0 Å². The quantitative estimate of drug-likeness (QED) is 0.575. The molecule has 5 nitrogen and oxygen atoms in total. The van der Waals surface area contributed by atoms with E-state index >= 15 is 0 Å². The molecule has 0 amide bonds. The molecular weight excluding hydrogens is 272 g/mol. The normalized spacial score (nSPS) is 12.4. The molecule has 0 spiro atoms. The van der Waals surface area contributed by atoms with Crippen LogP contribution in [0.15, 0.2) is 51.1 Å². The largest absolute Gasteiger partial charge is 0.356 e. The highest BCUT2D eigenvalue weighted by Crippen LogP contribution is 2.43. The molecule has 1 aliphatic heterocycles. The van der Waals surface area contributed by atoms with E-state index in [0.717, 1.165) is 38.4 Å². The smallest absolute Gasteiger partial charge is 0.167 e. The van der Waals surface area contributed by atoms with Gasteiger partial charge >= 0.3 is 0 Å². The van der Waals surface area contributed by atoms with Crippen LogP contribution >= 0.6 is 11.8 Å². The van der Waals surface area contributed by atoms with Crippen molar-refractivity contribution in [2.45, 2.75) is 16.8 Å². The Kier molecular flexibility index (Phi) is 2.50. The summed E-state index contributed by atoms with van der Waals surface area (Å²) < 4.78 is 5.30. The van der Waals surface area contributed by atoms with Crippen molar-refractivity contribution in [2.75, 3.05) is 5.32 Å². The van der Waals surface area contributed by atoms with Gasteiger partial charge in [-0.3, -0.25) is 0 Å². The lowest BCUT2D eigenvalue weighted by Gasteiger charge is -2.18. The van der Waals surface area contributed by atoms with Gasteiger partial charge < -0.3 is 9.84 Å². The summed E-state index contributed by atoms with van der Waals surface area (Å²) in [4.78, 5) is 9.73. The van der Waals surface area contributed by atoms with E-state index in [1.54, 1.807) is 24.2 Å². The Balaban J connectivity index is 1.76. The van der Waals surface area contributed by atoms with Gasteiger partial charge in [-0.05, 0) is 25.1 Å². The van der Waals surface area contributed by atoms with E-state index < -0.39 is 0 Å². The molecule has 4 rings (SSSR count). The third kappa shape index (κ3) is 1.85. The van der Waals surface area contributed by atoms with Crippen LogP contribution in [0.1, 0.15) is 5.69 Å². The van der Waals surface area contributed by atoms with E-state index in [0.29, 0.717) is 0 Å². The molecule has 0 bridgehead atoms. The SMILES string of the molecule is Cc1cc(-c2ccc3c(c2)Nc2nccnc2S3)on1. The van der Waals surface area contributed by atoms with Crippen molar-refractivity contribution in [2.24, 2.45) is 0 Å². The Bertz CT molecular complexity index is 799. The highest BCUT2D eigenvalue weighted by molar-refractivity contribution is 7.99. The fourth-order valence-corrected chi connectivity index (χ4v) is 2.97. The van der Waals surface area contributed by atoms with Gasteiger partial charge in [0, 0.05) is 28.9 Å². The van der Waals surface area contributed by atoms with Crippen LogP contribution in [-0.4, -0.2) is 15.1 Å². The molecule has 0 atom stereocenters. The molecule has 98 valence electrons. The van der Waals surface area contributed by atoms with Gasteiger partial charge in [-0.25, -0.2) is 9.97 Å². The first kappa shape index (κ1) is 11.5. The topological polar surface area (TPSA) is 63.8 Å². The third-order valence-corrected chi connectivity index (χ3v) is 4.08. The molecule has 0 unspecified atom stereocenters. The predicted molar refractivity (Wildman–Crippen MR) is 76.1 cm³/mol. The molecule has 0 aliphatic carbocycles. The number of benzene rings is 1. The summed E-state index contributed by atoms with van der Waals surface area (Å²) in [6, 6.07) is 8.04. The minimum Gasteiger partial charge on any atom is -0.356 e. The summed E-state index contributed by atoms with van der Waals surface area (Å²) >= 11 is 1.61. The second kappa shape index (κ2) is 4.35. The number of aromatic nitrogens is 3. The van der Waals surface area contributed by atoms with Crippen LogP contribution in [0, 0.1) is 6.92 Å². The van der Waals surface area contributed by atoms with Crippen LogP contribution in [0.3, 0.4) is 0 Å². The molecule has 3 heterocycles. The first-order valence-electron chi connectivity index (χ1n) is 6.13. The molecule has 20 heavy (non-hydrogen) atoms. The zero-order valence-corrected chi connectivity index (χ0v) is 11.4. The minimum atomic E-state index is 0.766. The lowest BCUT2D eigenvalue weighted by atomic mass is 10.1. The molecule has 6 heteroatoms. The molecule has 1 aromatic carbocycles. The minimum absolute atomic E-state index is 0.766. The van der Waals surface area contributed by atoms with E-state index in [1.807, 2.05) is 25.1 Å². The van der Waals surface area contributed by atoms with E-state index in [2.05, 4.69) is 26.5 Å². The van der Waals surface area contributed by atoms with Gasteiger partial charge in [0.1, 0.15) is 5.03 Å². The van der Waals surface area contributed by atoms with Gasteiger partial charge in [-0.15, -0.1) is 0 Å². The molecule has 3 aromatic rings. The average molecular weight is 282 g/mol. The zero-order chi connectivity index (χ0) is 13.5. The van der Waals surface area contributed by atoms with Crippen molar-refractivity contribution in [3.8, 4) is 11.3 Å². The lowest BCUT2D eigenvalue weighted by Crippen LogP contribution is -2.03. The fraction of sp³-hybridized carbons (Fsp3) is 0.0714. The number of anilines is 2. The summed E-state index contributed by atoms with van der Waals surface area (Å²) in [5, 5.41) is 8.11. The average Bonchev–Trinajstić information content (AvgIpc) is 2.91.